The minimum absolute atomic E-state index is 0.279. The molecule has 0 heterocycles. The van der Waals surface area contributed by atoms with Crippen LogP contribution >= 0.6 is 15.9 Å². The van der Waals surface area contributed by atoms with Crippen molar-refractivity contribution < 1.29 is 13.9 Å². The number of carbonyl (C=O) groups is 1. The number of carbonyl (C=O) groups excluding carboxylic acids is 1. The van der Waals surface area contributed by atoms with Gasteiger partial charge in [0.2, 0.25) is 0 Å². The minimum Gasteiger partial charge on any atom is -0.494 e. The summed E-state index contributed by atoms with van der Waals surface area (Å²) in [4.78, 5) is 12.2. The Bertz CT molecular complexity index is 658. The van der Waals surface area contributed by atoms with Gasteiger partial charge in [0.25, 0.3) is 5.91 Å². The van der Waals surface area contributed by atoms with Crippen LogP contribution in [0.3, 0.4) is 0 Å². The van der Waals surface area contributed by atoms with Crippen molar-refractivity contribution in [3.05, 3.63) is 57.8 Å². The summed E-state index contributed by atoms with van der Waals surface area (Å²) in [6.07, 6.45) is 0. The normalized spacial score (nSPS) is 10.2. The Hall–Kier alpha value is -1.88. The van der Waals surface area contributed by atoms with E-state index in [1.807, 2.05) is 19.1 Å². The largest absolute Gasteiger partial charge is 0.494 e. The molecular formula is C15H13BrFNO2. The Kier molecular flexibility index (Phi) is 4.39. The van der Waals surface area contributed by atoms with E-state index in [4.69, 9.17) is 4.74 Å². The van der Waals surface area contributed by atoms with Gasteiger partial charge in [0.1, 0.15) is 11.6 Å². The third-order valence-corrected chi connectivity index (χ3v) is 3.44. The zero-order valence-electron chi connectivity index (χ0n) is 11.0. The number of aryl methyl sites for hydroxylation is 1. The molecule has 0 spiro atoms. The van der Waals surface area contributed by atoms with Crippen molar-refractivity contribution in [2.45, 2.75) is 6.92 Å². The van der Waals surface area contributed by atoms with Crippen LogP contribution in [0.15, 0.2) is 40.9 Å². The maximum absolute atomic E-state index is 13.1. The number of halogens is 2. The molecule has 3 nitrogen and oxygen atoms in total. The third kappa shape index (κ3) is 3.17. The summed E-state index contributed by atoms with van der Waals surface area (Å²) < 4.78 is 18.9. The molecule has 20 heavy (non-hydrogen) atoms. The first kappa shape index (κ1) is 14.5. The molecule has 1 amide bonds. The number of methoxy groups -OCH3 is 1. The standard InChI is InChI=1S/C15H13BrFNO2/c1-9-3-5-11(12(16)7-9)15(19)18-13-6-4-10(17)8-14(13)20-2/h3-8H,1-2H3,(H,18,19). The lowest BCUT2D eigenvalue weighted by atomic mass is 10.1. The molecule has 0 aliphatic rings. The van der Waals surface area contributed by atoms with Gasteiger partial charge in [0.15, 0.2) is 0 Å². The lowest BCUT2D eigenvalue weighted by molar-refractivity contribution is 0.102. The second-order valence-electron chi connectivity index (χ2n) is 4.28. The number of rotatable bonds is 3. The van der Waals surface area contributed by atoms with Gasteiger partial charge in [0, 0.05) is 10.5 Å². The predicted octanol–water partition coefficient (Wildman–Crippen LogP) is 4.16. The van der Waals surface area contributed by atoms with E-state index >= 15 is 0 Å². The average molecular weight is 338 g/mol. The van der Waals surface area contributed by atoms with Crippen LogP contribution in [0.4, 0.5) is 10.1 Å². The fourth-order valence-electron chi connectivity index (χ4n) is 1.76. The Labute approximate surface area is 124 Å². The molecule has 0 aliphatic carbocycles. The summed E-state index contributed by atoms with van der Waals surface area (Å²) in [5.41, 5.74) is 1.97. The Morgan fingerprint density at radius 2 is 2.00 bits per heavy atom. The van der Waals surface area contributed by atoms with Gasteiger partial charge in [-0.2, -0.15) is 0 Å². The highest BCUT2D eigenvalue weighted by molar-refractivity contribution is 9.10. The second-order valence-corrected chi connectivity index (χ2v) is 5.14. The highest BCUT2D eigenvalue weighted by atomic mass is 79.9. The summed E-state index contributed by atoms with van der Waals surface area (Å²) in [5.74, 6) is -0.431. The van der Waals surface area contributed by atoms with E-state index in [-0.39, 0.29) is 11.7 Å². The van der Waals surface area contributed by atoms with Gasteiger partial charge in [-0.3, -0.25) is 4.79 Å². The zero-order valence-corrected chi connectivity index (χ0v) is 12.6. The van der Waals surface area contributed by atoms with Crippen LogP contribution in [0, 0.1) is 12.7 Å². The number of benzene rings is 2. The Morgan fingerprint density at radius 1 is 1.25 bits per heavy atom. The van der Waals surface area contributed by atoms with E-state index in [2.05, 4.69) is 21.2 Å². The molecule has 0 aromatic heterocycles. The zero-order chi connectivity index (χ0) is 14.7. The molecular weight excluding hydrogens is 325 g/mol. The van der Waals surface area contributed by atoms with Crippen LogP contribution in [0.1, 0.15) is 15.9 Å². The molecule has 0 aliphatic heterocycles. The first-order valence-electron chi connectivity index (χ1n) is 5.92. The second kappa shape index (κ2) is 6.05. The van der Waals surface area contributed by atoms with E-state index in [0.717, 1.165) is 5.56 Å². The third-order valence-electron chi connectivity index (χ3n) is 2.78. The van der Waals surface area contributed by atoms with Crippen LogP contribution in [0.25, 0.3) is 0 Å². The Balaban J connectivity index is 2.28. The number of nitrogens with one attached hydrogen (secondary N) is 1. The van der Waals surface area contributed by atoms with Gasteiger partial charge in [-0.15, -0.1) is 0 Å². The molecule has 0 saturated heterocycles. The quantitative estimate of drug-likeness (QED) is 0.913. The summed E-state index contributed by atoms with van der Waals surface area (Å²) in [6.45, 7) is 1.94. The van der Waals surface area contributed by atoms with Gasteiger partial charge in [-0.05, 0) is 52.7 Å². The molecule has 0 unspecified atom stereocenters. The first-order chi connectivity index (χ1) is 9.51. The van der Waals surface area contributed by atoms with Crippen molar-refractivity contribution in [3.8, 4) is 5.75 Å². The molecule has 0 atom stereocenters. The van der Waals surface area contributed by atoms with Crippen LogP contribution in [-0.2, 0) is 0 Å². The van der Waals surface area contributed by atoms with Crippen molar-refractivity contribution in [2.75, 3.05) is 12.4 Å². The molecule has 2 aromatic carbocycles. The molecule has 0 saturated carbocycles. The van der Waals surface area contributed by atoms with Crippen molar-refractivity contribution in [2.24, 2.45) is 0 Å². The van der Waals surface area contributed by atoms with E-state index in [1.54, 1.807) is 6.07 Å². The number of anilines is 1. The lowest BCUT2D eigenvalue weighted by Crippen LogP contribution is -2.13. The van der Waals surface area contributed by atoms with Crippen LogP contribution < -0.4 is 10.1 Å². The molecule has 0 bridgehead atoms. The SMILES string of the molecule is COc1cc(F)ccc1NC(=O)c1ccc(C)cc1Br. The molecule has 5 heteroatoms. The van der Waals surface area contributed by atoms with Gasteiger partial charge < -0.3 is 10.1 Å². The average Bonchev–Trinajstić information content (AvgIpc) is 2.40. The maximum atomic E-state index is 13.1. The van der Waals surface area contributed by atoms with Crippen LogP contribution in [0.2, 0.25) is 0 Å². The van der Waals surface area contributed by atoms with Crippen molar-refractivity contribution in [1.29, 1.82) is 0 Å². The highest BCUT2D eigenvalue weighted by Crippen LogP contribution is 2.26. The predicted molar refractivity (Wildman–Crippen MR) is 79.8 cm³/mol. The summed E-state index contributed by atoms with van der Waals surface area (Å²) in [7, 11) is 1.42. The number of amides is 1. The van der Waals surface area contributed by atoms with Gasteiger partial charge in [-0.1, -0.05) is 6.07 Å². The summed E-state index contributed by atoms with van der Waals surface area (Å²) in [5, 5.41) is 2.70. The van der Waals surface area contributed by atoms with Crippen molar-refractivity contribution in [1.82, 2.24) is 0 Å². The summed E-state index contributed by atoms with van der Waals surface area (Å²) >= 11 is 3.36. The van der Waals surface area contributed by atoms with Crippen LogP contribution in [0.5, 0.6) is 5.75 Å². The number of hydrogen-bond acceptors (Lipinski definition) is 2. The molecule has 104 valence electrons. The van der Waals surface area contributed by atoms with Gasteiger partial charge >= 0.3 is 0 Å². The minimum atomic E-state index is -0.420. The molecule has 2 rings (SSSR count). The van der Waals surface area contributed by atoms with E-state index in [9.17, 15) is 9.18 Å². The smallest absolute Gasteiger partial charge is 0.256 e. The fourth-order valence-corrected chi connectivity index (χ4v) is 2.44. The maximum Gasteiger partial charge on any atom is 0.256 e. The first-order valence-corrected chi connectivity index (χ1v) is 6.71. The van der Waals surface area contributed by atoms with Crippen molar-refractivity contribution >= 4 is 27.5 Å². The van der Waals surface area contributed by atoms with E-state index in [0.29, 0.717) is 15.7 Å². The number of hydrogen-bond donors (Lipinski definition) is 1. The highest BCUT2D eigenvalue weighted by Gasteiger charge is 2.13. The molecule has 0 fully saturated rings. The van der Waals surface area contributed by atoms with E-state index in [1.165, 1.54) is 25.3 Å². The molecule has 2 aromatic rings. The Morgan fingerprint density at radius 3 is 2.65 bits per heavy atom. The summed E-state index contributed by atoms with van der Waals surface area (Å²) in [6, 6.07) is 9.39. The monoisotopic (exact) mass is 337 g/mol. The lowest BCUT2D eigenvalue weighted by Gasteiger charge is -2.11. The van der Waals surface area contributed by atoms with Crippen LogP contribution in [-0.4, -0.2) is 13.0 Å². The van der Waals surface area contributed by atoms with Gasteiger partial charge in [0.05, 0.1) is 18.4 Å². The van der Waals surface area contributed by atoms with E-state index < -0.39 is 5.82 Å². The molecule has 1 N–H and O–H groups in total. The molecule has 0 radical (unpaired) electrons. The van der Waals surface area contributed by atoms with Gasteiger partial charge in [-0.25, -0.2) is 4.39 Å². The van der Waals surface area contributed by atoms with Crippen molar-refractivity contribution in [3.63, 3.8) is 0 Å². The topological polar surface area (TPSA) is 38.3 Å². The number of ether oxygens (including phenoxy) is 1. The fraction of sp³-hybridized carbons (Fsp3) is 0.133.